The molecule has 0 saturated heterocycles. The van der Waals surface area contributed by atoms with Crippen LogP contribution in [0, 0.1) is 6.92 Å². The van der Waals surface area contributed by atoms with Crippen molar-refractivity contribution in [3.63, 3.8) is 0 Å². The monoisotopic (exact) mass is 451 g/mol. The van der Waals surface area contributed by atoms with E-state index >= 15 is 0 Å². The average Bonchev–Trinajstić information content (AvgIpc) is 3.40. The van der Waals surface area contributed by atoms with E-state index in [2.05, 4.69) is 6.58 Å². The Morgan fingerprint density at radius 3 is 2.58 bits per heavy atom. The van der Waals surface area contributed by atoms with Crippen LogP contribution >= 0.6 is 11.3 Å². The summed E-state index contributed by atoms with van der Waals surface area (Å²) in [5.74, 6) is 0.492. The number of rotatable bonds is 3. The molecule has 0 amide bonds. The second-order valence-corrected chi connectivity index (χ2v) is 10.4. The molecular weight excluding hydrogens is 430 g/mol. The van der Waals surface area contributed by atoms with Crippen LogP contribution in [0.2, 0.25) is 0 Å². The largest absolute Gasteiger partial charge is 0.456 e. The van der Waals surface area contributed by atoms with Crippen LogP contribution < -0.4 is 4.31 Å². The molecule has 0 aliphatic carbocycles. The molecule has 7 heteroatoms. The van der Waals surface area contributed by atoms with Crippen LogP contribution in [0.1, 0.15) is 22.3 Å². The Kier molecular flexibility index (Phi) is 4.97. The van der Waals surface area contributed by atoms with Gasteiger partial charge < -0.3 is 9.15 Å². The smallest absolute Gasteiger partial charge is 0.264 e. The number of thiophene rings is 1. The van der Waals surface area contributed by atoms with Gasteiger partial charge >= 0.3 is 0 Å². The first-order valence-electron chi connectivity index (χ1n) is 9.87. The van der Waals surface area contributed by atoms with Gasteiger partial charge in [-0.3, -0.25) is 4.31 Å². The number of benzene rings is 2. The molecule has 5 rings (SSSR count). The Morgan fingerprint density at radius 2 is 1.84 bits per heavy atom. The van der Waals surface area contributed by atoms with Crippen LogP contribution in [0.4, 0.5) is 5.69 Å². The summed E-state index contributed by atoms with van der Waals surface area (Å²) in [6.45, 7) is 6.36. The fraction of sp³-hybridized carbons (Fsp3) is 0.167. The van der Waals surface area contributed by atoms with E-state index in [0.29, 0.717) is 22.6 Å². The molecule has 31 heavy (non-hydrogen) atoms. The van der Waals surface area contributed by atoms with Gasteiger partial charge in [0.1, 0.15) is 11.3 Å². The molecule has 0 radical (unpaired) electrons. The second-order valence-electron chi connectivity index (χ2n) is 7.59. The summed E-state index contributed by atoms with van der Waals surface area (Å²) in [7, 11) is -3.86. The lowest BCUT2D eigenvalue weighted by Crippen LogP contribution is -2.35. The molecule has 0 bridgehead atoms. The Morgan fingerprint density at radius 1 is 1.06 bits per heavy atom. The molecule has 1 aliphatic rings. The normalized spacial score (nSPS) is 17.4. The van der Waals surface area contributed by atoms with Crippen molar-refractivity contribution < 1.29 is 17.6 Å². The van der Waals surface area contributed by atoms with Crippen LogP contribution in [0.15, 0.2) is 87.5 Å². The molecule has 4 aromatic rings. The fourth-order valence-electron chi connectivity index (χ4n) is 3.78. The number of hydrogen-bond donors (Lipinski definition) is 0. The van der Waals surface area contributed by atoms with Crippen molar-refractivity contribution in [2.24, 2.45) is 0 Å². The maximum Gasteiger partial charge on any atom is 0.264 e. The van der Waals surface area contributed by atoms with Crippen LogP contribution in [0.5, 0.6) is 0 Å². The molecular formula is C24H21NO4S2. The standard InChI is InChI=1S/C24H21NO4S2/c1-16-9-11-18(12-10-16)31(26,27)25-14-17(2)15-28-23(21-8-5-13-30-21)24-22(25)19-6-3-4-7-20(19)29-24/h3-13,23H,2,14-15H2,1H3. The van der Waals surface area contributed by atoms with Crippen molar-refractivity contribution in [1.82, 2.24) is 0 Å². The highest BCUT2D eigenvalue weighted by Crippen LogP contribution is 2.45. The highest BCUT2D eigenvalue weighted by molar-refractivity contribution is 7.92. The molecule has 5 nitrogen and oxygen atoms in total. The van der Waals surface area contributed by atoms with Crippen molar-refractivity contribution >= 4 is 38.0 Å². The Balaban J connectivity index is 1.77. The minimum atomic E-state index is -3.86. The molecule has 1 atom stereocenters. The third-order valence-electron chi connectivity index (χ3n) is 5.31. The zero-order chi connectivity index (χ0) is 21.6. The molecule has 2 aromatic heterocycles. The maximum atomic E-state index is 13.8. The molecule has 158 valence electrons. The van der Waals surface area contributed by atoms with Gasteiger partial charge in [0.2, 0.25) is 0 Å². The number of para-hydroxylation sites is 1. The topological polar surface area (TPSA) is 59.8 Å². The minimum Gasteiger partial charge on any atom is -0.456 e. The van der Waals surface area contributed by atoms with E-state index in [0.717, 1.165) is 15.8 Å². The third kappa shape index (κ3) is 3.48. The van der Waals surface area contributed by atoms with Crippen molar-refractivity contribution in [3.05, 3.63) is 94.4 Å². The van der Waals surface area contributed by atoms with Gasteiger partial charge in [-0.2, -0.15) is 0 Å². The number of anilines is 1. The SMILES string of the molecule is C=C1COC(c2cccs2)c2oc3ccccc3c2N(S(=O)(=O)c2ccc(C)cc2)C1. The van der Waals surface area contributed by atoms with Crippen molar-refractivity contribution in [3.8, 4) is 0 Å². The summed E-state index contributed by atoms with van der Waals surface area (Å²) >= 11 is 1.54. The first kappa shape index (κ1) is 20.1. The molecule has 0 fully saturated rings. The highest BCUT2D eigenvalue weighted by atomic mass is 32.2. The van der Waals surface area contributed by atoms with Gasteiger partial charge in [0.05, 0.1) is 18.0 Å². The average molecular weight is 452 g/mol. The van der Waals surface area contributed by atoms with Gasteiger partial charge in [-0.1, -0.05) is 42.5 Å². The zero-order valence-electron chi connectivity index (χ0n) is 16.9. The van der Waals surface area contributed by atoms with Crippen molar-refractivity contribution in [2.75, 3.05) is 17.5 Å². The van der Waals surface area contributed by atoms with Crippen LogP contribution in [0.3, 0.4) is 0 Å². The Hall–Kier alpha value is -2.87. The number of nitrogens with zero attached hydrogens (tertiary/aromatic N) is 1. The van der Waals surface area contributed by atoms with Crippen molar-refractivity contribution in [1.29, 1.82) is 0 Å². The maximum absolute atomic E-state index is 13.8. The van der Waals surface area contributed by atoms with Crippen LogP contribution in [-0.4, -0.2) is 21.6 Å². The highest BCUT2D eigenvalue weighted by Gasteiger charge is 2.36. The summed E-state index contributed by atoms with van der Waals surface area (Å²) in [6.07, 6.45) is -0.518. The number of aryl methyl sites for hydroxylation is 1. The Bertz CT molecular complexity index is 1350. The lowest BCUT2D eigenvalue weighted by molar-refractivity contribution is 0.0846. The zero-order valence-corrected chi connectivity index (χ0v) is 18.6. The molecule has 0 spiro atoms. The van der Waals surface area contributed by atoms with E-state index in [1.54, 1.807) is 35.6 Å². The number of sulfonamides is 1. The quantitative estimate of drug-likeness (QED) is 0.376. The number of fused-ring (bicyclic) bond motifs is 3. The minimum absolute atomic E-state index is 0.115. The van der Waals surface area contributed by atoms with Gasteiger partial charge in [0, 0.05) is 10.3 Å². The number of hydrogen-bond acceptors (Lipinski definition) is 5. The fourth-order valence-corrected chi connectivity index (χ4v) is 6.07. The molecule has 0 N–H and O–H groups in total. The molecule has 3 heterocycles. The van der Waals surface area contributed by atoms with E-state index in [9.17, 15) is 8.42 Å². The van der Waals surface area contributed by atoms with Crippen molar-refractivity contribution in [2.45, 2.75) is 17.9 Å². The van der Waals surface area contributed by atoms with E-state index in [1.165, 1.54) is 4.31 Å². The van der Waals surface area contributed by atoms with Crippen LogP contribution in [0.25, 0.3) is 11.0 Å². The second kappa shape index (κ2) is 7.67. The number of ether oxygens (including phenoxy) is 1. The van der Waals surface area contributed by atoms with Gasteiger partial charge in [-0.25, -0.2) is 8.42 Å². The summed E-state index contributed by atoms with van der Waals surface area (Å²) in [5.41, 5.74) is 2.80. The third-order valence-corrected chi connectivity index (χ3v) is 7.99. The van der Waals surface area contributed by atoms with Crippen LogP contribution in [-0.2, 0) is 14.8 Å². The number of furan rings is 1. The molecule has 0 saturated carbocycles. The van der Waals surface area contributed by atoms with E-state index < -0.39 is 16.1 Å². The predicted octanol–water partition coefficient (Wildman–Crippen LogP) is 5.67. The lowest BCUT2D eigenvalue weighted by Gasteiger charge is -2.30. The van der Waals surface area contributed by atoms with Gasteiger partial charge in [-0.15, -0.1) is 11.3 Å². The lowest BCUT2D eigenvalue weighted by atomic mass is 10.1. The van der Waals surface area contributed by atoms with Gasteiger partial charge in [0.15, 0.2) is 11.9 Å². The van der Waals surface area contributed by atoms with E-state index in [1.807, 2.05) is 48.7 Å². The predicted molar refractivity (Wildman–Crippen MR) is 123 cm³/mol. The molecule has 1 aliphatic heterocycles. The van der Waals surface area contributed by atoms with E-state index in [4.69, 9.17) is 9.15 Å². The summed E-state index contributed by atoms with van der Waals surface area (Å²) in [5, 5.41) is 2.70. The molecule has 2 aromatic carbocycles. The Labute approximate surface area is 185 Å². The van der Waals surface area contributed by atoms with Gasteiger partial charge in [0.25, 0.3) is 10.0 Å². The van der Waals surface area contributed by atoms with E-state index in [-0.39, 0.29) is 18.0 Å². The first-order chi connectivity index (χ1) is 14.9. The summed E-state index contributed by atoms with van der Waals surface area (Å²) in [4.78, 5) is 1.18. The van der Waals surface area contributed by atoms with Gasteiger partial charge in [-0.05, 0) is 48.2 Å². The summed E-state index contributed by atoms with van der Waals surface area (Å²) in [6, 6.07) is 18.3. The first-order valence-corrected chi connectivity index (χ1v) is 12.2. The molecule has 1 unspecified atom stereocenters. The summed E-state index contributed by atoms with van der Waals surface area (Å²) < 4.78 is 41.4.